The second-order valence-electron chi connectivity index (χ2n) is 5.90. The minimum atomic E-state index is -1.05. The standard InChI is InChI=1S/C18H20N2O5/c1-12-17(13-5-3-2-4-6-13)25-15(19-12)7-8-16(21)20-9-10-24-11-14(20)18(22)23/h2-6,14H,7-11H2,1H3,(H,22,23). The highest BCUT2D eigenvalue weighted by Crippen LogP contribution is 2.24. The summed E-state index contributed by atoms with van der Waals surface area (Å²) in [6.07, 6.45) is 0.480. The Hall–Kier alpha value is -2.67. The topological polar surface area (TPSA) is 92.9 Å². The number of amides is 1. The minimum absolute atomic E-state index is 0.0251. The molecule has 0 radical (unpaired) electrons. The Morgan fingerprint density at radius 3 is 2.80 bits per heavy atom. The first-order valence-corrected chi connectivity index (χ1v) is 8.18. The molecule has 1 saturated heterocycles. The van der Waals surface area contributed by atoms with Crippen molar-refractivity contribution < 1.29 is 23.8 Å². The third kappa shape index (κ3) is 3.88. The zero-order valence-electron chi connectivity index (χ0n) is 14.0. The Morgan fingerprint density at radius 2 is 2.08 bits per heavy atom. The number of carbonyl (C=O) groups excluding carboxylic acids is 1. The molecule has 1 atom stereocenters. The number of aromatic nitrogens is 1. The summed E-state index contributed by atoms with van der Waals surface area (Å²) >= 11 is 0. The average molecular weight is 344 g/mol. The Kier molecular flexibility index (Phi) is 5.14. The van der Waals surface area contributed by atoms with Crippen molar-refractivity contribution in [1.29, 1.82) is 0 Å². The molecule has 2 aromatic rings. The first-order valence-electron chi connectivity index (χ1n) is 8.18. The van der Waals surface area contributed by atoms with Crippen LogP contribution in [0.2, 0.25) is 0 Å². The number of carboxylic acid groups (broad SMARTS) is 1. The fourth-order valence-corrected chi connectivity index (χ4v) is 2.88. The highest BCUT2D eigenvalue weighted by atomic mass is 16.5. The molecule has 132 valence electrons. The summed E-state index contributed by atoms with van der Waals surface area (Å²) in [5, 5.41) is 9.20. The molecule has 7 heteroatoms. The van der Waals surface area contributed by atoms with E-state index in [4.69, 9.17) is 9.15 Å². The third-order valence-electron chi connectivity index (χ3n) is 4.16. The Labute approximate surface area is 145 Å². The smallest absolute Gasteiger partial charge is 0.328 e. The lowest BCUT2D eigenvalue weighted by Gasteiger charge is -2.32. The first kappa shape index (κ1) is 17.2. The van der Waals surface area contributed by atoms with Gasteiger partial charge in [0.05, 0.1) is 18.9 Å². The maximum absolute atomic E-state index is 12.4. The highest BCUT2D eigenvalue weighted by Gasteiger charge is 2.32. The number of aliphatic carboxylic acids is 1. The van der Waals surface area contributed by atoms with Gasteiger partial charge in [0, 0.05) is 24.9 Å². The van der Waals surface area contributed by atoms with Gasteiger partial charge in [0.2, 0.25) is 5.91 Å². The summed E-state index contributed by atoms with van der Waals surface area (Å²) in [6.45, 7) is 2.53. The van der Waals surface area contributed by atoms with Crippen LogP contribution in [-0.4, -0.2) is 52.7 Å². The van der Waals surface area contributed by atoms with Gasteiger partial charge in [-0.2, -0.15) is 0 Å². The molecule has 1 unspecified atom stereocenters. The molecule has 2 heterocycles. The average Bonchev–Trinajstić information content (AvgIpc) is 3.01. The number of aryl methyl sites for hydroxylation is 2. The number of carbonyl (C=O) groups is 2. The minimum Gasteiger partial charge on any atom is -0.480 e. The van der Waals surface area contributed by atoms with Crippen molar-refractivity contribution in [3.63, 3.8) is 0 Å². The number of hydrogen-bond donors (Lipinski definition) is 1. The van der Waals surface area contributed by atoms with Gasteiger partial charge in [-0.1, -0.05) is 30.3 Å². The molecule has 25 heavy (non-hydrogen) atoms. The zero-order chi connectivity index (χ0) is 17.8. The van der Waals surface area contributed by atoms with Crippen LogP contribution in [0.25, 0.3) is 11.3 Å². The number of morpholine rings is 1. The number of hydrogen-bond acceptors (Lipinski definition) is 5. The lowest BCUT2D eigenvalue weighted by atomic mass is 10.1. The number of oxazole rings is 1. The largest absolute Gasteiger partial charge is 0.480 e. The molecule has 1 amide bonds. The number of benzene rings is 1. The summed E-state index contributed by atoms with van der Waals surface area (Å²) in [5.74, 6) is -0.109. The molecule has 0 saturated carbocycles. The first-order chi connectivity index (χ1) is 12.1. The van der Waals surface area contributed by atoms with Crippen molar-refractivity contribution in [2.24, 2.45) is 0 Å². The van der Waals surface area contributed by atoms with E-state index in [9.17, 15) is 14.7 Å². The third-order valence-corrected chi connectivity index (χ3v) is 4.16. The lowest BCUT2D eigenvalue weighted by molar-refractivity contribution is -0.158. The second kappa shape index (κ2) is 7.48. The van der Waals surface area contributed by atoms with E-state index in [1.165, 1.54) is 4.90 Å². The lowest BCUT2D eigenvalue weighted by Crippen LogP contribution is -2.52. The van der Waals surface area contributed by atoms with Crippen molar-refractivity contribution in [2.75, 3.05) is 19.8 Å². The van der Waals surface area contributed by atoms with E-state index in [0.717, 1.165) is 11.3 Å². The molecule has 1 aromatic carbocycles. The summed E-state index contributed by atoms with van der Waals surface area (Å²) in [5.41, 5.74) is 1.70. The van der Waals surface area contributed by atoms with Crippen LogP contribution in [0.5, 0.6) is 0 Å². The van der Waals surface area contributed by atoms with Crippen LogP contribution in [-0.2, 0) is 20.7 Å². The molecule has 3 rings (SSSR count). The Morgan fingerprint density at radius 1 is 1.32 bits per heavy atom. The van der Waals surface area contributed by atoms with Crippen molar-refractivity contribution in [3.05, 3.63) is 41.9 Å². The van der Waals surface area contributed by atoms with Gasteiger partial charge < -0.3 is 19.2 Å². The van der Waals surface area contributed by atoms with Gasteiger partial charge in [0.1, 0.15) is 0 Å². The predicted molar refractivity (Wildman–Crippen MR) is 89.0 cm³/mol. The molecule has 0 spiro atoms. The van der Waals surface area contributed by atoms with Gasteiger partial charge in [-0.25, -0.2) is 9.78 Å². The van der Waals surface area contributed by atoms with E-state index in [-0.39, 0.29) is 25.5 Å². The van der Waals surface area contributed by atoms with Crippen LogP contribution >= 0.6 is 0 Å². The molecule has 7 nitrogen and oxygen atoms in total. The van der Waals surface area contributed by atoms with Crippen molar-refractivity contribution in [2.45, 2.75) is 25.8 Å². The van der Waals surface area contributed by atoms with E-state index in [2.05, 4.69) is 4.98 Å². The normalized spacial score (nSPS) is 17.5. The molecular formula is C18H20N2O5. The van der Waals surface area contributed by atoms with Crippen LogP contribution in [0, 0.1) is 6.92 Å². The molecule has 1 aliphatic heterocycles. The molecule has 1 fully saturated rings. The van der Waals surface area contributed by atoms with Crippen LogP contribution < -0.4 is 0 Å². The van der Waals surface area contributed by atoms with E-state index < -0.39 is 12.0 Å². The fraction of sp³-hybridized carbons (Fsp3) is 0.389. The Balaban J connectivity index is 1.65. The van der Waals surface area contributed by atoms with E-state index in [0.29, 0.717) is 24.7 Å². The van der Waals surface area contributed by atoms with Gasteiger partial charge in [-0.3, -0.25) is 4.79 Å². The van der Waals surface area contributed by atoms with Crippen molar-refractivity contribution in [3.8, 4) is 11.3 Å². The van der Waals surface area contributed by atoms with Crippen LogP contribution in [0.3, 0.4) is 0 Å². The van der Waals surface area contributed by atoms with E-state index in [1.54, 1.807) is 0 Å². The van der Waals surface area contributed by atoms with E-state index in [1.807, 2.05) is 37.3 Å². The number of ether oxygens (including phenoxy) is 1. The Bertz CT molecular complexity index is 756. The maximum atomic E-state index is 12.4. The van der Waals surface area contributed by atoms with Crippen LogP contribution in [0.4, 0.5) is 0 Å². The van der Waals surface area contributed by atoms with Gasteiger partial charge in [0.15, 0.2) is 17.7 Å². The summed E-state index contributed by atoms with van der Waals surface area (Å²) in [7, 11) is 0. The molecule has 1 aliphatic rings. The quantitative estimate of drug-likeness (QED) is 0.890. The molecular weight excluding hydrogens is 324 g/mol. The van der Waals surface area contributed by atoms with Crippen LogP contribution in [0.1, 0.15) is 18.0 Å². The summed E-state index contributed by atoms with van der Waals surface area (Å²) < 4.78 is 10.9. The summed E-state index contributed by atoms with van der Waals surface area (Å²) in [4.78, 5) is 29.4. The van der Waals surface area contributed by atoms with E-state index >= 15 is 0 Å². The molecule has 1 aromatic heterocycles. The van der Waals surface area contributed by atoms with Gasteiger partial charge >= 0.3 is 5.97 Å². The highest BCUT2D eigenvalue weighted by molar-refractivity contribution is 5.84. The SMILES string of the molecule is Cc1nc(CCC(=O)N2CCOCC2C(=O)O)oc1-c1ccccc1. The van der Waals surface area contributed by atoms with Crippen molar-refractivity contribution in [1.82, 2.24) is 9.88 Å². The monoisotopic (exact) mass is 344 g/mol. The summed E-state index contributed by atoms with van der Waals surface area (Å²) in [6, 6.07) is 8.72. The maximum Gasteiger partial charge on any atom is 0.328 e. The number of carboxylic acids is 1. The van der Waals surface area contributed by atoms with Crippen LogP contribution in [0.15, 0.2) is 34.7 Å². The molecule has 1 N–H and O–H groups in total. The molecule has 0 bridgehead atoms. The van der Waals surface area contributed by atoms with Gasteiger partial charge in [0.25, 0.3) is 0 Å². The van der Waals surface area contributed by atoms with Crippen molar-refractivity contribution >= 4 is 11.9 Å². The fourth-order valence-electron chi connectivity index (χ4n) is 2.88. The second-order valence-corrected chi connectivity index (χ2v) is 5.90. The molecule has 0 aliphatic carbocycles. The predicted octanol–water partition coefficient (Wildman–Crippen LogP) is 1.89. The number of nitrogens with zero attached hydrogens (tertiary/aromatic N) is 2. The van der Waals surface area contributed by atoms with Gasteiger partial charge in [-0.15, -0.1) is 0 Å². The van der Waals surface area contributed by atoms with Gasteiger partial charge in [-0.05, 0) is 6.92 Å². The number of rotatable bonds is 5. The zero-order valence-corrected chi connectivity index (χ0v) is 14.0.